The Morgan fingerprint density at radius 3 is 2.81 bits per heavy atom. The average molecular weight is 321 g/mol. The van der Waals surface area contributed by atoms with Gasteiger partial charge in [-0.05, 0) is 11.4 Å². The Bertz CT molecular complexity index is 597. The van der Waals surface area contributed by atoms with Crippen LogP contribution in [-0.2, 0) is 11.3 Å². The molecule has 0 saturated heterocycles. The number of carbonyl (C=O) groups is 1. The van der Waals surface area contributed by atoms with E-state index in [-0.39, 0.29) is 18.3 Å². The number of rotatable bonds is 6. The van der Waals surface area contributed by atoms with Gasteiger partial charge < -0.3 is 9.63 Å². The number of aromatic nitrogens is 2. The van der Waals surface area contributed by atoms with E-state index in [1.54, 1.807) is 16.8 Å². The molecule has 0 spiro atoms. The summed E-state index contributed by atoms with van der Waals surface area (Å²) in [5.74, 6) is -1.17. The minimum Gasteiger partial charge on any atom is -0.480 e. The Hall–Kier alpha value is -1.94. The number of halogens is 3. The van der Waals surface area contributed by atoms with Crippen LogP contribution in [0, 0.1) is 0 Å². The van der Waals surface area contributed by atoms with Crippen molar-refractivity contribution in [2.75, 3.05) is 13.1 Å². The molecule has 0 aliphatic rings. The van der Waals surface area contributed by atoms with Crippen LogP contribution in [-0.4, -0.2) is 45.4 Å². The van der Waals surface area contributed by atoms with Crippen molar-refractivity contribution in [2.24, 2.45) is 0 Å². The molecule has 0 amide bonds. The van der Waals surface area contributed by atoms with Crippen LogP contribution in [0.25, 0.3) is 11.4 Å². The molecule has 0 bridgehead atoms. The monoisotopic (exact) mass is 321 g/mol. The minimum absolute atomic E-state index is 0.0679. The fourth-order valence-corrected chi connectivity index (χ4v) is 2.27. The van der Waals surface area contributed by atoms with Gasteiger partial charge in [-0.3, -0.25) is 9.69 Å². The third kappa shape index (κ3) is 4.83. The molecule has 2 aromatic heterocycles. The molecule has 0 saturated carbocycles. The minimum atomic E-state index is -4.51. The fourth-order valence-electron chi connectivity index (χ4n) is 1.63. The third-order valence-corrected chi connectivity index (χ3v) is 3.05. The van der Waals surface area contributed by atoms with Crippen LogP contribution in [0.15, 0.2) is 21.3 Å². The van der Waals surface area contributed by atoms with Crippen molar-refractivity contribution in [3.8, 4) is 11.4 Å². The summed E-state index contributed by atoms with van der Waals surface area (Å²) in [4.78, 5) is 15.2. The second-order valence-electron chi connectivity index (χ2n) is 4.18. The molecule has 6 nitrogen and oxygen atoms in total. The van der Waals surface area contributed by atoms with E-state index in [9.17, 15) is 18.0 Å². The Balaban J connectivity index is 2.07. The van der Waals surface area contributed by atoms with Gasteiger partial charge in [-0.25, -0.2) is 0 Å². The van der Waals surface area contributed by atoms with Gasteiger partial charge in [0.25, 0.3) is 0 Å². The molecule has 1 N–H and O–H groups in total. The zero-order valence-electron chi connectivity index (χ0n) is 10.5. The van der Waals surface area contributed by atoms with Gasteiger partial charge >= 0.3 is 12.1 Å². The van der Waals surface area contributed by atoms with Crippen molar-refractivity contribution in [1.82, 2.24) is 15.0 Å². The van der Waals surface area contributed by atoms with Crippen molar-refractivity contribution >= 4 is 17.3 Å². The van der Waals surface area contributed by atoms with Crippen molar-refractivity contribution in [3.05, 3.63) is 22.7 Å². The molecule has 10 heteroatoms. The van der Waals surface area contributed by atoms with Gasteiger partial charge in [0.05, 0.1) is 19.6 Å². The highest BCUT2D eigenvalue weighted by molar-refractivity contribution is 7.08. The molecule has 21 heavy (non-hydrogen) atoms. The Labute approximate surface area is 120 Å². The van der Waals surface area contributed by atoms with E-state index in [0.29, 0.717) is 10.5 Å². The zero-order valence-corrected chi connectivity index (χ0v) is 11.3. The molecule has 114 valence electrons. The molecule has 0 radical (unpaired) electrons. The van der Waals surface area contributed by atoms with E-state index in [0.717, 1.165) is 0 Å². The SMILES string of the molecule is O=C(O)CN(Cc1nc(-c2ccsc2)no1)CC(F)(F)F. The van der Waals surface area contributed by atoms with Gasteiger partial charge in [0.2, 0.25) is 11.7 Å². The first kappa shape index (κ1) is 15.4. The van der Waals surface area contributed by atoms with E-state index in [4.69, 9.17) is 9.63 Å². The average Bonchev–Trinajstić information content (AvgIpc) is 2.94. The Kier molecular flexibility index (Phi) is 4.58. The summed E-state index contributed by atoms with van der Waals surface area (Å²) in [5, 5.41) is 15.9. The lowest BCUT2D eigenvalue weighted by molar-refractivity contribution is -0.155. The Morgan fingerprint density at radius 1 is 1.48 bits per heavy atom. The van der Waals surface area contributed by atoms with Crippen LogP contribution in [0.5, 0.6) is 0 Å². The van der Waals surface area contributed by atoms with E-state index in [1.807, 2.05) is 0 Å². The van der Waals surface area contributed by atoms with E-state index < -0.39 is 25.2 Å². The smallest absolute Gasteiger partial charge is 0.401 e. The molecule has 2 heterocycles. The largest absolute Gasteiger partial charge is 0.480 e. The summed E-state index contributed by atoms with van der Waals surface area (Å²) in [7, 11) is 0. The summed E-state index contributed by atoms with van der Waals surface area (Å²) in [5.41, 5.74) is 0.690. The quantitative estimate of drug-likeness (QED) is 0.879. The normalized spacial score (nSPS) is 12.0. The number of hydrogen-bond donors (Lipinski definition) is 1. The lowest BCUT2D eigenvalue weighted by Crippen LogP contribution is -2.37. The lowest BCUT2D eigenvalue weighted by Gasteiger charge is -2.19. The van der Waals surface area contributed by atoms with E-state index >= 15 is 0 Å². The maximum Gasteiger partial charge on any atom is 0.401 e. The van der Waals surface area contributed by atoms with Gasteiger partial charge in [-0.15, -0.1) is 0 Å². The molecule has 0 fully saturated rings. The number of hydrogen-bond acceptors (Lipinski definition) is 6. The first-order valence-electron chi connectivity index (χ1n) is 5.69. The van der Waals surface area contributed by atoms with Crippen molar-refractivity contribution in [3.63, 3.8) is 0 Å². The maximum atomic E-state index is 12.4. The predicted octanol–water partition coefficient (Wildman–Crippen LogP) is 2.25. The van der Waals surface area contributed by atoms with Gasteiger partial charge in [0.15, 0.2) is 0 Å². The lowest BCUT2D eigenvalue weighted by atomic mass is 10.3. The highest BCUT2D eigenvalue weighted by Gasteiger charge is 2.32. The first-order chi connectivity index (χ1) is 9.83. The zero-order chi connectivity index (χ0) is 15.5. The summed E-state index contributed by atoms with van der Waals surface area (Å²) in [6, 6.07) is 1.74. The number of carboxylic acids is 1. The number of nitrogens with zero attached hydrogens (tertiary/aromatic N) is 3. The summed E-state index contributed by atoms with van der Waals surface area (Å²) in [6.07, 6.45) is -4.51. The molecule has 0 aliphatic carbocycles. The second kappa shape index (κ2) is 6.22. The highest BCUT2D eigenvalue weighted by Crippen LogP contribution is 2.21. The van der Waals surface area contributed by atoms with E-state index in [1.165, 1.54) is 11.3 Å². The molecular formula is C11H10F3N3O3S. The topological polar surface area (TPSA) is 79.5 Å². The van der Waals surface area contributed by atoms with Crippen molar-refractivity contribution < 1.29 is 27.6 Å². The van der Waals surface area contributed by atoms with Crippen molar-refractivity contribution in [1.29, 1.82) is 0 Å². The van der Waals surface area contributed by atoms with Crippen LogP contribution in [0.1, 0.15) is 5.89 Å². The maximum absolute atomic E-state index is 12.4. The number of aliphatic carboxylic acids is 1. The summed E-state index contributed by atoms with van der Waals surface area (Å²) < 4.78 is 42.0. The second-order valence-corrected chi connectivity index (χ2v) is 4.96. The standard InChI is InChI=1S/C11H10F3N3O3S/c12-11(13,14)6-17(4-9(18)19)3-8-15-10(16-20-8)7-1-2-21-5-7/h1-2,5H,3-4,6H2,(H,18,19). The first-order valence-corrected chi connectivity index (χ1v) is 6.64. The van der Waals surface area contributed by atoms with Gasteiger partial charge in [-0.2, -0.15) is 29.5 Å². The molecule has 0 aliphatic heterocycles. The number of thiophene rings is 1. The Morgan fingerprint density at radius 2 is 2.24 bits per heavy atom. The molecule has 0 aromatic carbocycles. The van der Waals surface area contributed by atoms with Crippen LogP contribution < -0.4 is 0 Å². The fraction of sp³-hybridized carbons (Fsp3) is 0.364. The van der Waals surface area contributed by atoms with Crippen LogP contribution in [0.4, 0.5) is 13.2 Å². The number of carboxylic acid groups (broad SMARTS) is 1. The molecule has 0 atom stereocenters. The molecule has 2 aromatic rings. The molecule has 2 rings (SSSR count). The van der Waals surface area contributed by atoms with Gasteiger partial charge in [0, 0.05) is 10.9 Å². The predicted molar refractivity (Wildman–Crippen MR) is 66.6 cm³/mol. The van der Waals surface area contributed by atoms with Gasteiger partial charge in [-0.1, -0.05) is 5.16 Å². The van der Waals surface area contributed by atoms with Crippen LogP contribution >= 0.6 is 11.3 Å². The summed E-state index contributed by atoms with van der Waals surface area (Å²) in [6.45, 7) is -2.52. The van der Waals surface area contributed by atoms with Crippen LogP contribution in [0.3, 0.4) is 0 Å². The summed E-state index contributed by atoms with van der Waals surface area (Å²) >= 11 is 1.42. The third-order valence-electron chi connectivity index (χ3n) is 2.37. The van der Waals surface area contributed by atoms with E-state index in [2.05, 4.69) is 10.1 Å². The van der Waals surface area contributed by atoms with Crippen molar-refractivity contribution in [2.45, 2.75) is 12.7 Å². The van der Waals surface area contributed by atoms with Crippen LogP contribution in [0.2, 0.25) is 0 Å². The van der Waals surface area contributed by atoms with Gasteiger partial charge in [0.1, 0.15) is 0 Å². The molecule has 0 unspecified atom stereocenters. The highest BCUT2D eigenvalue weighted by atomic mass is 32.1. The number of alkyl halides is 3. The molecular weight excluding hydrogens is 311 g/mol.